The van der Waals surface area contributed by atoms with Crippen molar-refractivity contribution in [2.45, 2.75) is 19.9 Å². The first-order valence-corrected chi connectivity index (χ1v) is 4.76. The van der Waals surface area contributed by atoms with E-state index in [-0.39, 0.29) is 0 Å². The van der Waals surface area contributed by atoms with Crippen LogP contribution in [0.25, 0.3) is 0 Å². The van der Waals surface area contributed by atoms with Crippen molar-refractivity contribution in [1.29, 1.82) is 0 Å². The lowest BCUT2D eigenvalue weighted by molar-refractivity contribution is -0.151. The normalized spacial score (nSPS) is 9.88. The Labute approximate surface area is 92.2 Å². The van der Waals surface area contributed by atoms with Gasteiger partial charge in [0.05, 0.1) is 13.5 Å². The van der Waals surface area contributed by atoms with Gasteiger partial charge in [-0.15, -0.1) is 0 Å². The fourth-order valence-corrected chi connectivity index (χ4v) is 1.24. The van der Waals surface area contributed by atoms with Crippen LogP contribution in [0.15, 0.2) is 12.3 Å². The number of aromatic nitrogens is 2. The van der Waals surface area contributed by atoms with Crippen LogP contribution in [0.4, 0.5) is 0 Å². The maximum atomic E-state index is 11.6. The number of methoxy groups -OCH3 is 1. The summed E-state index contributed by atoms with van der Waals surface area (Å²) in [4.78, 5) is 33.6. The van der Waals surface area contributed by atoms with Crippen molar-refractivity contribution in [3.63, 3.8) is 0 Å². The molecule has 0 aliphatic heterocycles. The number of Topliss-reactive ketones (excluding diaryl/α,β-unsaturated/α-hetero) is 2. The predicted octanol–water partition coefficient (Wildman–Crippen LogP) is 0.218. The first kappa shape index (κ1) is 12.1. The minimum atomic E-state index is -1.00. The Morgan fingerprint density at radius 3 is 2.69 bits per heavy atom. The van der Waals surface area contributed by atoms with Gasteiger partial charge in [-0.3, -0.25) is 14.3 Å². The standard InChI is InChI=1S/C10H12N2O4/c1-3-12-7(4-5-11-12)8(13)6-9(14)10(15)16-2/h4-5H,3,6H2,1-2H3. The van der Waals surface area contributed by atoms with E-state index in [2.05, 4.69) is 9.84 Å². The molecule has 0 fully saturated rings. The maximum Gasteiger partial charge on any atom is 0.374 e. The SMILES string of the molecule is CCn1nccc1C(=O)CC(=O)C(=O)OC. The highest BCUT2D eigenvalue weighted by atomic mass is 16.5. The van der Waals surface area contributed by atoms with E-state index in [4.69, 9.17) is 0 Å². The maximum absolute atomic E-state index is 11.6. The van der Waals surface area contributed by atoms with Crippen LogP contribution in [0.3, 0.4) is 0 Å². The Hall–Kier alpha value is -1.98. The molecule has 0 bridgehead atoms. The molecule has 0 aliphatic rings. The van der Waals surface area contributed by atoms with Gasteiger partial charge in [0, 0.05) is 12.7 Å². The van der Waals surface area contributed by atoms with Gasteiger partial charge in [-0.25, -0.2) is 4.79 Å². The Bertz CT molecular complexity index is 422. The van der Waals surface area contributed by atoms with Gasteiger partial charge >= 0.3 is 5.97 Å². The molecule has 0 radical (unpaired) electrons. The largest absolute Gasteiger partial charge is 0.463 e. The number of hydrogen-bond donors (Lipinski definition) is 0. The van der Waals surface area contributed by atoms with Crippen molar-refractivity contribution in [2.24, 2.45) is 0 Å². The summed E-state index contributed by atoms with van der Waals surface area (Å²) in [6.07, 6.45) is 0.984. The van der Waals surface area contributed by atoms with Gasteiger partial charge in [-0.1, -0.05) is 0 Å². The van der Waals surface area contributed by atoms with E-state index >= 15 is 0 Å². The van der Waals surface area contributed by atoms with E-state index in [0.29, 0.717) is 12.2 Å². The Kier molecular flexibility index (Phi) is 3.93. The number of carbonyl (C=O) groups is 3. The zero-order chi connectivity index (χ0) is 12.1. The fourth-order valence-electron chi connectivity index (χ4n) is 1.24. The Balaban J connectivity index is 2.73. The zero-order valence-electron chi connectivity index (χ0n) is 9.10. The zero-order valence-corrected chi connectivity index (χ0v) is 9.10. The van der Waals surface area contributed by atoms with Gasteiger partial charge in [0.15, 0.2) is 5.78 Å². The van der Waals surface area contributed by atoms with E-state index < -0.39 is 24.0 Å². The lowest BCUT2D eigenvalue weighted by Gasteiger charge is -2.02. The summed E-state index contributed by atoms with van der Waals surface area (Å²) >= 11 is 0. The molecule has 1 aromatic heterocycles. The predicted molar refractivity (Wildman–Crippen MR) is 53.9 cm³/mol. The van der Waals surface area contributed by atoms with Crippen LogP contribution in [0.2, 0.25) is 0 Å². The summed E-state index contributed by atoms with van der Waals surface area (Å²) < 4.78 is 5.69. The molecule has 0 aliphatic carbocycles. The second kappa shape index (κ2) is 5.20. The van der Waals surface area contributed by atoms with Crippen LogP contribution >= 0.6 is 0 Å². The summed E-state index contributed by atoms with van der Waals surface area (Å²) in [5.74, 6) is -2.29. The molecule has 0 N–H and O–H groups in total. The van der Waals surface area contributed by atoms with Gasteiger partial charge < -0.3 is 4.74 Å². The smallest absolute Gasteiger partial charge is 0.374 e. The molecule has 0 amide bonds. The van der Waals surface area contributed by atoms with Crippen molar-refractivity contribution in [3.05, 3.63) is 18.0 Å². The molecule has 6 heteroatoms. The molecule has 16 heavy (non-hydrogen) atoms. The third-order valence-corrected chi connectivity index (χ3v) is 2.04. The van der Waals surface area contributed by atoms with Gasteiger partial charge in [0.1, 0.15) is 5.69 Å². The van der Waals surface area contributed by atoms with Crippen molar-refractivity contribution >= 4 is 17.5 Å². The number of ether oxygens (including phenoxy) is 1. The number of carbonyl (C=O) groups excluding carboxylic acids is 3. The molecule has 1 heterocycles. The van der Waals surface area contributed by atoms with Crippen LogP contribution in [-0.4, -0.2) is 34.4 Å². The average Bonchev–Trinajstić information content (AvgIpc) is 2.75. The highest BCUT2D eigenvalue weighted by Gasteiger charge is 2.21. The van der Waals surface area contributed by atoms with Crippen molar-refractivity contribution in [3.8, 4) is 0 Å². The van der Waals surface area contributed by atoms with Crippen LogP contribution in [0.1, 0.15) is 23.8 Å². The first-order valence-electron chi connectivity index (χ1n) is 4.76. The number of rotatable bonds is 5. The van der Waals surface area contributed by atoms with E-state index in [1.54, 1.807) is 0 Å². The number of aryl methyl sites for hydroxylation is 1. The molecule has 6 nitrogen and oxygen atoms in total. The van der Waals surface area contributed by atoms with Gasteiger partial charge in [0.25, 0.3) is 0 Å². The molecule has 0 atom stereocenters. The number of nitrogens with zero attached hydrogens (tertiary/aromatic N) is 2. The van der Waals surface area contributed by atoms with Crippen LogP contribution in [0, 0.1) is 0 Å². The fraction of sp³-hybridized carbons (Fsp3) is 0.400. The van der Waals surface area contributed by atoms with Gasteiger partial charge in [-0.05, 0) is 13.0 Å². The van der Waals surface area contributed by atoms with Crippen LogP contribution < -0.4 is 0 Å². The molecule has 1 rings (SSSR count). The first-order chi connectivity index (χ1) is 7.60. The minimum absolute atomic E-state index is 0.319. The molecule has 0 aromatic carbocycles. The summed E-state index contributed by atoms with van der Waals surface area (Å²) in [6, 6.07) is 1.51. The highest BCUT2D eigenvalue weighted by Crippen LogP contribution is 2.04. The summed E-state index contributed by atoms with van der Waals surface area (Å²) in [7, 11) is 1.10. The quantitative estimate of drug-likeness (QED) is 0.309. The van der Waals surface area contributed by atoms with Crippen LogP contribution in [0.5, 0.6) is 0 Å². The lowest BCUT2D eigenvalue weighted by atomic mass is 10.1. The molecular weight excluding hydrogens is 212 g/mol. The van der Waals surface area contributed by atoms with Crippen molar-refractivity contribution < 1.29 is 19.1 Å². The molecule has 0 saturated carbocycles. The third-order valence-electron chi connectivity index (χ3n) is 2.04. The lowest BCUT2D eigenvalue weighted by Crippen LogP contribution is -2.21. The highest BCUT2D eigenvalue weighted by molar-refractivity contribution is 6.37. The van der Waals surface area contributed by atoms with E-state index in [0.717, 1.165) is 7.11 Å². The minimum Gasteiger partial charge on any atom is -0.463 e. The van der Waals surface area contributed by atoms with Crippen molar-refractivity contribution in [1.82, 2.24) is 9.78 Å². The average molecular weight is 224 g/mol. The molecular formula is C10H12N2O4. The second-order valence-electron chi connectivity index (χ2n) is 3.05. The third kappa shape index (κ3) is 2.53. The molecule has 86 valence electrons. The topological polar surface area (TPSA) is 78.3 Å². The number of ketones is 2. The van der Waals surface area contributed by atoms with Crippen LogP contribution in [-0.2, 0) is 20.9 Å². The summed E-state index contributed by atoms with van der Waals surface area (Å²) in [6.45, 7) is 2.35. The molecule has 0 unspecified atom stereocenters. The molecule has 0 spiro atoms. The summed E-state index contributed by atoms with van der Waals surface area (Å²) in [5.41, 5.74) is 0.319. The summed E-state index contributed by atoms with van der Waals surface area (Å²) in [5, 5.41) is 3.90. The second-order valence-corrected chi connectivity index (χ2v) is 3.05. The monoisotopic (exact) mass is 224 g/mol. The van der Waals surface area contributed by atoms with Gasteiger partial charge in [-0.2, -0.15) is 5.10 Å². The Morgan fingerprint density at radius 1 is 1.44 bits per heavy atom. The molecule has 0 saturated heterocycles. The van der Waals surface area contributed by atoms with E-state index in [9.17, 15) is 14.4 Å². The van der Waals surface area contributed by atoms with E-state index in [1.165, 1.54) is 16.9 Å². The van der Waals surface area contributed by atoms with Crippen molar-refractivity contribution in [2.75, 3.05) is 7.11 Å². The number of hydrogen-bond acceptors (Lipinski definition) is 5. The molecule has 1 aromatic rings. The number of esters is 1. The van der Waals surface area contributed by atoms with E-state index in [1.807, 2.05) is 6.92 Å². The Morgan fingerprint density at radius 2 is 2.12 bits per heavy atom. The van der Waals surface area contributed by atoms with Gasteiger partial charge in [0.2, 0.25) is 5.78 Å².